The molecule has 2 fully saturated rings. The molecule has 2 heterocycles. The van der Waals surface area contributed by atoms with Crippen LogP contribution in [0.1, 0.15) is 26.2 Å². The van der Waals surface area contributed by atoms with Crippen molar-refractivity contribution in [3.8, 4) is 0 Å². The molecule has 7 heteroatoms. The monoisotopic (exact) mass is 269 g/mol. The van der Waals surface area contributed by atoms with Gasteiger partial charge in [0.25, 0.3) is 0 Å². The first-order chi connectivity index (χ1) is 8.93. The number of urea groups is 1. The van der Waals surface area contributed by atoms with Gasteiger partial charge in [-0.15, -0.1) is 0 Å². The van der Waals surface area contributed by atoms with E-state index in [4.69, 9.17) is 10.8 Å². The number of hydrogen-bond acceptors (Lipinski definition) is 3. The first kappa shape index (κ1) is 13.6. The maximum atomic E-state index is 12.4. The van der Waals surface area contributed by atoms with Gasteiger partial charge in [0, 0.05) is 19.1 Å². The van der Waals surface area contributed by atoms with E-state index >= 15 is 0 Å². The molecule has 0 spiro atoms. The lowest BCUT2D eigenvalue weighted by Crippen LogP contribution is -2.51. The zero-order chi connectivity index (χ0) is 14.2. The van der Waals surface area contributed by atoms with Crippen molar-refractivity contribution in [2.45, 2.75) is 38.3 Å². The third-order valence-corrected chi connectivity index (χ3v) is 4.14. The SMILES string of the molecule is CC1C(C(=O)O)CCN1C(=O)N1CCCC1C(N)=O. The van der Waals surface area contributed by atoms with Crippen LogP contribution in [-0.2, 0) is 9.59 Å². The number of nitrogens with two attached hydrogens (primary N) is 1. The van der Waals surface area contributed by atoms with Crippen molar-refractivity contribution in [1.29, 1.82) is 0 Å². The number of amides is 3. The Bertz CT molecular complexity index is 412. The molecule has 0 aromatic heterocycles. The summed E-state index contributed by atoms with van der Waals surface area (Å²) in [7, 11) is 0. The van der Waals surface area contributed by atoms with E-state index in [-0.39, 0.29) is 12.1 Å². The highest BCUT2D eigenvalue weighted by molar-refractivity contribution is 5.87. The molecule has 0 radical (unpaired) electrons. The summed E-state index contributed by atoms with van der Waals surface area (Å²) in [4.78, 5) is 37.8. The summed E-state index contributed by atoms with van der Waals surface area (Å²) < 4.78 is 0. The third kappa shape index (κ3) is 2.36. The molecule has 106 valence electrons. The molecule has 2 rings (SSSR count). The molecule has 3 unspecified atom stereocenters. The summed E-state index contributed by atoms with van der Waals surface area (Å²) in [6, 6.07) is -1.17. The van der Waals surface area contributed by atoms with Gasteiger partial charge in [-0.05, 0) is 26.2 Å². The third-order valence-electron chi connectivity index (χ3n) is 4.14. The topological polar surface area (TPSA) is 104 Å². The minimum atomic E-state index is -0.879. The van der Waals surface area contributed by atoms with Gasteiger partial charge >= 0.3 is 12.0 Å². The summed E-state index contributed by atoms with van der Waals surface area (Å²) in [5, 5.41) is 9.06. The highest BCUT2D eigenvalue weighted by atomic mass is 16.4. The lowest BCUT2D eigenvalue weighted by atomic mass is 10.0. The van der Waals surface area contributed by atoms with Crippen LogP contribution in [0.5, 0.6) is 0 Å². The van der Waals surface area contributed by atoms with Crippen molar-refractivity contribution in [3.63, 3.8) is 0 Å². The van der Waals surface area contributed by atoms with E-state index in [2.05, 4.69) is 0 Å². The van der Waals surface area contributed by atoms with Crippen molar-refractivity contribution in [2.24, 2.45) is 11.7 Å². The quantitative estimate of drug-likeness (QED) is 0.727. The van der Waals surface area contributed by atoms with Gasteiger partial charge in [0.05, 0.1) is 5.92 Å². The van der Waals surface area contributed by atoms with Crippen LogP contribution in [0.15, 0.2) is 0 Å². The number of carboxylic acids is 1. The molecule has 0 bridgehead atoms. The molecule has 0 aromatic rings. The summed E-state index contributed by atoms with van der Waals surface area (Å²) in [5.41, 5.74) is 5.29. The van der Waals surface area contributed by atoms with Crippen molar-refractivity contribution >= 4 is 17.9 Å². The molecule has 2 aliphatic rings. The number of carbonyl (C=O) groups is 3. The number of carbonyl (C=O) groups excluding carboxylic acids is 2. The second-order valence-corrected chi connectivity index (χ2v) is 5.20. The molecular formula is C12H19N3O4. The first-order valence-corrected chi connectivity index (χ1v) is 6.53. The van der Waals surface area contributed by atoms with Gasteiger partial charge in [-0.2, -0.15) is 0 Å². The molecule has 3 atom stereocenters. The minimum absolute atomic E-state index is 0.266. The molecule has 3 N–H and O–H groups in total. The predicted octanol–water partition coefficient (Wildman–Crippen LogP) is -0.149. The summed E-state index contributed by atoms with van der Waals surface area (Å²) >= 11 is 0. The lowest BCUT2D eigenvalue weighted by Gasteiger charge is -2.31. The molecule has 2 aliphatic heterocycles. The Morgan fingerprint density at radius 3 is 2.37 bits per heavy atom. The highest BCUT2D eigenvalue weighted by Gasteiger charge is 2.42. The zero-order valence-electron chi connectivity index (χ0n) is 10.9. The number of primary amides is 1. The van der Waals surface area contributed by atoms with Crippen LogP contribution in [-0.4, -0.2) is 58.0 Å². The molecule has 2 saturated heterocycles. The summed E-state index contributed by atoms with van der Waals surface area (Å²) in [6.45, 7) is 2.66. The van der Waals surface area contributed by atoms with E-state index in [9.17, 15) is 14.4 Å². The van der Waals surface area contributed by atoms with Crippen molar-refractivity contribution in [1.82, 2.24) is 9.80 Å². The Morgan fingerprint density at radius 2 is 1.84 bits per heavy atom. The summed E-state index contributed by atoms with van der Waals surface area (Å²) in [5.74, 6) is -1.90. The number of hydrogen-bond donors (Lipinski definition) is 2. The van der Waals surface area contributed by atoms with Crippen LogP contribution >= 0.6 is 0 Å². The first-order valence-electron chi connectivity index (χ1n) is 6.53. The van der Waals surface area contributed by atoms with Gasteiger partial charge in [-0.1, -0.05) is 0 Å². The molecule has 0 aliphatic carbocycles. The van der Waals surface area contributed by atoms with E-state index in [1.807, 2.05) is 0 Å². The Morgan fingerprint density at radius 1 is 1.16 bits per heavy atom. The molecule has 0 aromatic carbocycles. The van der Waals surface area contributed by atoms with Crippen LogP contribution in [0.25, 0.3) is 0 Å². The van der Waals surface area contributed by atoms with Crippen LogP contribution in [0.2, 0.25) is 0 Å². The zero-order valence-corrected chi connectivity index (χ0v) is 10.9. The van der Waals surface area contributed by atoms with E-state index in [1.165, 1.54) is 4.90 Å². The second-order valence-electron chi connectivity index (χ2n) is 5.20. The molecule has 7 nitrogen and oxygen atoms in total. The van der Waals surface area contributed by atoms with Crippen LogP contribution in [0, 0.1) is 5.92 Å². The van der Waals surface area contributed by atoms with E-state index in [1.54, 1.807) is 11.8 Å². The standard InChI is InChI=1S/C12H19N3O4/c1-7-8(11(17)18)4-6-14(7)12(19)15-5-2-3-9(15)10(13)16/h7-9H,2-6H2,1H3,(H2,13,16)(H,17,18). The highest BCUT2D eigenvalue weighted by Crippen LogP contribution is 2.28. The average Bonchev–Trinajstić information content (AvgIpc) is 2.93. The van der Waals surface area contributed by atoms with E-state index in [0.29, 0.717) is 25.9 Å². The number of likely N-dealkylation sites (tertiary alicyclic amines) is 2. The fourth-order valence-corrected chi connectivity index (χ4v) is 3.00. The largest absolute Gasteiger partial charge is 0.481 e. The Kier molecular flexibility index (Phi) is 3.64. The van der Waals surface area contributed by atoms with Gasteiger partial charge < -0.3 is 20.6 Å². The van der Waals surface area contributed by atoms with Gasteiger partial charge in [0.15, 0.2) is 0 Å². The van der Waals surface area contributed by atoms with Crippen LogP contribution < -0.4 is 5.73 Å². The van der Waals surface area contributed by atoms with Crippen molar-refractivity contribution in [2.75, 3.05) is 13.1 Å². The maximum absolute atomic E-state index is 12.4. The Labute approximate surface area is 111 Å². The Hall–Kier alpha value is -1.79. The fourth-order valence-electron chi connectivity index (χ4n) is 3.00. The molecule has 19 heavy (non-hydrogen) atoms. The van der Waals surface area contributed by atoms with E-state index < -0.39 is 23.8 Å². The van der Waals surface area contributed by atoms with Crippen LogP contribution in [0.3, 0.4) is 0 Å². The van der Waals surface area contributed by atoms with Crippen LogP contribution in [0.4, 0.5) is 4.79 Å². The van der Waals surface area contributed by atoms with E-state index in [0.717, 1.165) is 6.42 Å². The normalized spacial score (nSPS) is 30.7. The van der Waals surface area contributed by atoms with Crippen molar-refractivity contribution < 1.29 is 19.5 Å². The lowest BCUT2D eigenvalue weighted by molar-refractivity contribution is -0.142. The number of carboxylic acid groups (broad SMARTS) is 1. The minimum Gasteiger partial charge on any atom is -0.481 e. The molecule has 0 saturated carbocycles. The van der Waals surface area contributed by atoms with Gasteiger partial charge in [0.2, 0.25) is 5.91 Å². The molecular weight excluding hydrogens is 250 g/mol. The fraction of sp³-hybridized carbons (Fsp3) is 0.750. The molecule has 3 amide bonds. The smallest absolute Gasteiger partial charge is 0.320 e. The summed E-state index contributed by atoms with van der Waals surface area (Å²) in [6.07, 6.45) is 1.80. The van der Waals surface area contributed by atoms with Gasteiger partial charge in [0.1, 0.15) is 6.04 Å². The average molecular weight is 269 g/mol. The van der Waals surface area contributed by atoms with Gasteiger partial charge in [-0.25, -0.2) is 4.79 Å². The Balaban J connectivity index is 2.08. The maximum Gasteiger partial charge on any atom is 0.320 e. The van der Waals surface area contributed by atoms with Gasteiger partial charge in [-0.3, -0.25) is 9.59 Å². The predicted molar refractivity (Wildman–Crippen MR) is 66.2 cm³/mol. The van der Waals surface area contributed by atoms with Crippen molar-refractivity contribution in [3.05, 3.63) is 0 Å². The second kappa shape index (κ2) is 5.07. The number of nitrogens with zero attached hydrogens (tertiary/aromatic N) is 2. The number of aliphatic carboxylic acids is 1. The number of rotatable bonds is 2.